The van der Waals surface area contributed by atoms with Crippen LogP contribution < -0.4 is 5.43 Å². The number of fused-ring (bicyclic) bond motifs is 1. The van der Waals surface area contributed by atoms with Gasteiger partial charge in [0.25, 0.3) is 0 Å². The van der Waals surface area contributed by atoms with Crippen LogP contribution >= 0.6 is 0 Å². The lowest BCUT2D eigenvalue weighted by atomic mass is 9.80. The molecule has 2 saturated heterocycles. The third-order valence-corrected chi connectivity index (χ3v) is 3.52. The Hall–Kier alpha value is -0.0800. The van der Waals surface area contributed by atoms with Gasteiger partial charge in [-0.05, 0) is 24.7 Å². The number of hydrazine groups is 1. The molecule has 2 aliphatic rings. The van der Waals surface area contributed by atoms with Crippen LogP contribution in [0.25, 0.3) is 0 Å². The molecule has 76 valence electrons. The van der Waals surface area contributed by atoms with Gasteiger partial charge < -0.3 is 0 Å². The molecule has 0 amide bonds. The van der Waals surface area contributed by atoms with E-state index in [1.807, 2.05) is 0 Å². The molecule has 2 nitrogen and oxygen atoms in total. The average Bonchev–Trinajstić information content (AvgIpc) is 2.48. The Labute approximate surface area is 81.7 Å². The van der Waals surface area contributed by atoms with Crippen LogP contribution in [-0.2, 0) is 0 Å². The van der Waals surface area contributed by atoms with Crippen LogP contribution in [0.5, 0.6) is 0 Å². The SMILES string of the molecule is CC(C)(C)C1CCCC2CCNN21. The normalized spacial score (nSPS) is 36.2. The fourth-order valence-electron chi connectivity index (χ4n) is 2.81. The van der Waals surface area contributed by atoms with E-state index in [9.17, 15) is 0 Å². The summed E-state index contributed by atoms with van der Waals surface area (Å²) >= 11 is 0. The highest BCUT2D eigenvalue weighted by atomic mass is 15.6. The van der Waals surface area contributed by atoms with Gasteiger partial charge >= 0.3 is 0 Å². The van der Waals surface area contributed by atoms with Crippen molar-refractivity contribution in [3.8, 4) is 0 Å². The first-order valence-electron chi connectivity index (χ1n) is 5.61. The monoisotopic (exact) mass is 182 g/mol. The first-order chi connectivity index (χ1) is 6.09. The third kappa shape index (κ3) is 1.75. The van der Waals surface area contributed by atoms with Crippen LogP contribution in [0.1, 0.15) is 46.5 Å². The number of rotatable bonds is 0. The van der Waals surface area contributed by atoms with Crippen molar-refractivity contribution < 1.29 is 0 Å². The maximum absolute atomic E-state index is 3.55. The molecule has 0 radical (unpaired) electrons. The van der Waals surface area contributed by atoms with Crippen molar-refractivity contribution in [2.24, 2.45) is 5.41 Å². The van der Waals surface area contributed by atoms with Crippen molar-refractivity contribution in [3.63, 3.8) is 0 Å². The van der Waals surface area contributed by atoms with E-state index in [-0.39, 0.29) is 0 Å². The predicted molar refractivity (Wildman–Crippen MR) is 55.3 cm³/mol. The van der Waals surface area contributed by atoms with Crippen molar-refractivity contribution in [1.29, 1.82) is 0 Å². The number of hydrogen-bond acceptors (Lipinski definition) is 2. The number of hydrogen-bond donors (Lipinski definition) is 1. The largest absolute Gasteiger partial charge is 0.255 e. The maximum atomic E-state index is 3.55. The van der Waals surface area contributed by atoms with Crippen LogP contribution in [0.4, 0.5) is 0 Å². The molecule has 2 fully saturated rings. The molecular formula is C11H22N2. The molecule has 0 aliphatic carbocycles. The highest BCUT2D eigenvalue weighted by molar-refractivity contribution is 4.92. The Balaban J connectivity index is 2.10. The summed E-state index contributed by atoms with van der Waals surface area (Å²) in [5.41, 5.74) is 3.98. The van der Waals surface area contributed by atoms with Gasteiger partial charge in [0.1, 0.15) is 0 Å². The lowest BCUT2D eigenvalue weighted by molar-refractivity contribution is 0.0109. The fourth-order valence-corrected chi connectivity index (χ4v) is 2.81. The van der Waals surface area contributed by atoms with E-state index < -0.39 is 0 Å². The molecule has 0 saturated carbocycles. The molecule has 2 aliphatic heterocycles. The van der Waals surface area contributed by atoms with E-state index in [4.69, 9.17) is 0 Å². The van der Waals surface area contributed by atoms with E-state index >= 15 is 0 Å². The van der Waals surface area contributed by atoms with Crippen molar-refractivity contribution in [2.75, 3.05) is 6.54 Å². The van der Waals surface area contributed by atoms with Gasteiger partial charge in [-0.15, -0.1) is 0 Å². The maximum Gasteiger partial charge on any atom is 0.0295 e. The summed E-state index contributed by atoms with van der Waals surface area (Å²) in [6.07, 6.45) is 5.55. The van der Waals surface area contributed by atoms with Gasteiger partial charge in [-0.1, -0.05) is 27.2 Å². The summed E-state index contributed by atoms with van der Waals surface area (Å²) in [6, 6.07) is 1.58. The standard InChI is InChI=1S/C11H22N2/c1-11(2,3)10-6-4-5-9-7-8-12-13(9)10/h9-10,12H,4-8H2,1-3H3. The zero-order valence-electron chi connectivity index (χ0n) is 9.14. The molecule has 2 heterocycles. The van der Waals surface area contributed by atoms with Crippen LogP contribution in [0.15, 0.2) is 0 Å². The number of piperidine rings is 1. The van der Waals surface area contributed by atoms with E-state index in [0.717, 1.165) is 12.1 Å². The first kappa shape index (κ1) is 9.47. The molecule has 0 bridgehead atoms. The molecule has 13 heavy (non-hydrogen) atoms. The van der Waals surface area contributed by atoms with Gasteiger partial charge in [-0.2, -0.15) is 0 Å². The number of nitrogens with one attached hydrogen (secondary N) is 1. The second-order valence-electron chi connectivity index (χ2n) is 5.57. The Morgan fingerprint density at radius 1 is 1.15 bits per heavy atom. The van der Waals surface area contributed by atoms with Gasteiger partial charge in [-0.25, -0.2) is 5.01 Å². The molecule has 0 spiro atoms. The lowest BCUT2D eigenvalue weighted by Gasteiger charge is -2.44. The molecular weight excluding hydrogens is 160 g/mol. The van der Waals surface area contributed by atoms with Gasteiger partial charge in [0.05, 0.1) is 0 Å². The average molecular weight is 182 g/mol. The van der Waals surface area contributed by atoms with E-state index in [0.29, 0.717) is 5.41 Å². The van der Waals surface area contributed by atoms with Crippen LogP contribution in [0, 0.1) is 5.41 Å². The van der Waals surface area contributed by atoms with Crippen LogP contribution in [0.3, 0.4) is 0 Å². The second kappa shape index (κ2) is 3.25. The van der Waals surface area contributed by atoms with Gasteiger partial charge in [-0.3, -0.25) is 5.43 Å². The summed E-state index contributed by atoms with van der Waals surface area (Å²) < 4.78 is 0. The van der Waals surface area contributed by atoms with E-state index in [1.165, 1.54) is 32.2 Å². The zero-order chi connectivity index (χ0) is 9.47. The van der Waals surface area contributed by atoms with Crippen LogP contribution in [0.2, 0.25) is 0 Å². The highest BCUT2D eigenvalue weighted by Gasteiger charge is 2.39. The summed E-state index contributed by atoms with van der Waals surface area (Å²) in [5.74, 6) is 0. The molecule has 0 aromatic rings. The van der Waals surface area contributed by atoms with Gasteiger partial charge in [0, 0.05) is 18.6 Å². The summed E-state index contributed by atoms with van der Waals surface area (Å²) in [5, 5.41) is 2.55. The quantitative estimate of drug-likeness (QED) is 0.617. The lowest BCUT2D eigenvalue weighted by Crippen LogP contribution is -2.53. The molecule has 1 N–H and O–H groups in total. The Kier molecular flexibility index (Phi) is 2.37. The zero-order valence-corrected chi connectivity index (χ0v) is 9.14. The van der Waals surface area contributed by atoms with Crippen molar-refractivity contribution >= 4 is 0 Å². The molecule has 0 aromatic carbocycles. The topological polar surface area (TPSA) is 15.3 Å². The minimum absolute atomic E-state index is 0.427. The third-order valence-electron chi connectivity index (χ3n) is 3.52. The Bertz CT molecular complexity index is 183. The molecule has 2 rings (SSSR count). The highest BCUT2D eigenvalue weighted by Crippen LogP contribution is 2.35. The number of nitrogens with zero attached hydrogens (tertiary/aromatic N) is 1. The molecule has 2 heteroatoms. The summed E-state index contributed by atoms with van der Waals surface area (Å²) in [6.45, 7) is 8.28. The molecule has 2 unspecified atom stereocenters. The van der Waals surface area contributed by atoms with Crippen molar-refractivity contribution in [2.45, 2.75) is 58.5 Å². The second-order valence-corrected chi connectivity index (χ2v) is 5.57. The minimum atomic E-state index is 0.427. The Morgan fingerprint density at radius 3 is 2.62 bits per heavy atom. The van der Waals surface area contributed by atoms with Crippen molar-refractivity contribution in [1.82, 2.24) is 10.4 Å². The predicted octanol–water partition coefficient (Wildman–Crippen LogP) is 2.16. The first-order valence-corrected chi connectivity index (χ1v) is 5.61. The fraction of sp³-hybridized carbons (Fsp3) is 1.00. The molecule has 0 aromatic heterocycles. The minimum Gasteiger partial charge on any atom is -0.255 e. The smallest absolute Gasteiger partial charge is 0.0295 e. The van der Waals surface area contributed by atoms with Crippen molar-refractivity contribution in [3.05, 3.63) is 0 Å². The van der Waals surface area contributed by atoms with Gasteiger partial charge in [0.15, 0.2) is 0 Å². The van der Waals surface area contributed by atoms with Gasteiger partial charge in [0.2, 0.25) is 0 Å². The van der Waals surface area contributed by atoms with E-state index in [2.05, 4.69) is 31.2 Å². The molecule has 2 atom stereocenters. The Morgan fingerprint density at radius 2 is 1.92 bits per heavy atom. The summed E-state index contributed by atoms with van der Waals surface area (Å²) in [4.78, 5) is 0. The van der Waals surface area contributed by atoms with E-state index in [1.54, 1.807) is 0 Å². The summed E-state index contributed by atoms with van der Waals surface area (Å²) in [7, 11) is 0. The van der Waals surface area contributed by atoms with Crippen LogP contribution in [-0.4, -0.2) is 23.6 Å².